The third-order valence-corrected chi connectivity index (χ3v) is 3.73. The van der Waals surface area contributed by atoms with Crippen molar-refractivity contribution in [1.29, 1.82) is 0 Å². The van der Waals surface area contributed by atoms with Crippen molar-refractivity contribution in [2.24, 2.45) is 5.92 Å². The van der Waals surface area contributed by atoms with Gasteiger partial charge < -0.3 is 10.2 Å². The molecule has 2 unspecified atom stereocenters. The normalized spacial score (nSPS) is 27.6. The maximum atomic E-state index is 3.48. The second-order valence-electron chi connectivity index (χ2n) is 5.41. The van der Waals surface area contributed by atoms with Gasteiger partial charge in [0.25, 0.3) is 0 Å². The van der Waals surface area contributed by atoms with Crippen LogP contribution in [-0.4, -0.2) is 37.6 Å². The molecule has 0 radical (unpaired) electrons. The Bertz CT molecular complexity index is 168. The molecule has 0 aromatic rings. The molecule has 1 N–H and O–H groups in total. The zero-order valence-electron chi connectivity index (χ0n) is 10.9. The molecule has 90 valence electrons. The highest BCUT2D eigenvalue weighted by molar-refractivity contribution is 4.86. The topological polar surface area (TPSA) is 15.3 Å². The van der Waals surface area contributed by atoms with Crippen molar-refractivity contribution in [2.75, 3.05) is 20.6 Å². The zero-order valence-corrected chi connectivity index (χ0v) is 10.9. The van der Waals surface area contributed by atoms with Crippen LogP contribution in [0.4, 0.5) is 0 Å². The van der Waals surface area contributed by atoms with E-state index in [1.807, 2.05) is 0 Å². The van der Waals surface area contributed by atoms with Gasteiger partial charge in [-0.25, -0.2) is 0 Å². The minimum Gasteiger partial charge on any atom is -0.315 e. The summed E-state index contributed by atoms with van der Waals surface area (Å²) in [4.78, 5) is 2.57. The first-order chi connectivity index (χ1) is 7.15. The number of likely N-dealkylation sites (N-methyl/N-ethyl adjacent to an activating group) is 2. The first-order valence-corrected chi connectivity index (χ1v) is 6.52. The molecule has 2 nitrogen and oxygen atoms in total. The van der Waals surface area contributed by atoms with Crippen molar-refractivity contribution >= 4 is 0 Å². The van der Waals surface area contributed by atoms with Crippen molar-refractivity contribution in [3.63, 3.8) is 0 Å². The van der Waals surface area contributed by atoms with Crippen LogP contribution in [0.15, 0.2) is 0 Å². The molecular weight excluding hydrogens is 184 g/mol. The van der Waals surface area contributed by atoms with Gasteiger partial charge in [-0.1, -0.05) is 26.7 Å². The summed E-state index contributed by atoms with van der Waals surface area (Å²) in [5, 5.41) is 3.48. The van der Waals surface area contributed by atoms with Crippen LogP contribution in [-0.2, 0) is 0 Å². The molecular formula is C13H28N2. The summed E-state index contributed by atoms with van der Waals surface area (Å²) in [7, 11) is 4.40. The zero-order chi connectivity index (χ0) is 11.3. The van der Waals surface area contributed by atoms with Gasteiger partial charge in [0.2, 0.25) is 0 Å². The Morgan fingerprint density at radius 3 is 2.53 bits per heavy atom. The summed E-state index contributed by atoms with van der Waals surface area (Å²) < 4.78 is 0. The average Bonchev–Trinajstić information content (AvgIpc) is 2.25. The van der Waals surface area contributed by atoms with Crippen molar-refractivity contribution in [2.45, 2.75) is 58.0 Å². The van der Waals surface area contributed by atoms with Crippen LogP contribution in [0.3, 0.4) is 0 Å². The summed E-state index contributed by atoms with van der Waals surface area (Å²) in [5.41, 5.74) is 0. The van der Waals surface area contributed by atoms with E-state index in [1.165, 1.54) is 38.6 Å². The minimum absolute atomic E-state index is 0.718. The van der Waals surface area contributed by atoms with E-state index in [9.17, 15) is 0 Å². The van der Waals surface area contributed by atoms with E-state index in [4.69, 9.17) is 0 Å². The average molecular weight is 212 g/mol. The standard InChI is InChI=1S/C13H28N2/c1-11(2)9-10-15(4)13-8-6-5-7-12(13)14-3/h11-14H,5-10H2,1-4H3. The summed E-state index contributed by atoms with van der Waals surface area (Å²) in [5.74, 6) is 0.823. The highest BCUT2D eigenvalue weighted by Gasteiger charge is 2.26. The molecule has 0 aliphatic heterocycles. The van der Waals surface area contributed by atoms with E-state index in [1.54, 1.807) is 0 Å². The molecule has 1 aliphatic rings. The third kappa shape index (κ3) is 4.12. The molecule has 2 heteroatoms. The van der Waals surface area contributed by atoms with Gasteiger partial charge in [-0.2, -0.15) is 0 Å². The maximum absolute atomic E-state index is 3.48. The number of hydrogen-bond donors (Lipinski definition) is 1. The van der Waals surface area contributed by atoms with Crippen molar-refractivity contribution < 1.29 is 0 Å². The van der Waals surface area contributed by atoms with E-state index in [-0.39, 0.29) is 0 Å². The highest BCUT2D eigenvalue weighted by Crippen LogP contribution is 2.22. The monoisotopic (exact) mass is 212 g/mol. The second kappa shape index (κ2) is 6.49. The first-order valence-electron chi connectivity index (χ1n) is 6.52. The molecule has 15 heavy (non-hydrogen) atoms. The predicted octanol–water partition coefficient (Wildman–Crippen LogP) is 2.49. The van der Waals surface area contributed by atoms with Crippen LogP contribution >= 0.6 is 0 Å². The second-order valence-corrected chi connectivity index (χ2v) is 5.41. The number of hydrogen-bond acceptors (Lipinski definition) is 2. The van der Waals surface area contributed by atoms with Crippen LogP contribution in [0, 0.1) is 5.92 Å². The molecule has 2 atom stereocenters. The van der Waals surface area contributed by atoms with Gasteiger partial charge in [-0.3, -0.25) is 0 Å². The minimum atomic E-state index is 0.718. The maximum Gasteiger partial charge on any atom is 0.0246 e. The Morgan fingerprint density at radius 2 is 1.93 bits per heavy atom. The van der Waals surface area contributed by atoms with Crippen LogP contribution in [0.1, 0.15) is 46.0 Å². The third-order valence-electron chi connectivity index (χ3n) is 3.73. The fourth-order valence-corrected chi connectivity index (χ4v) is 2.60. The van der Waals surface area contributed by atoms with Crippen LogP contribution < -0.4 is 5.32 Å². The van der Waals surface area contributed by atoms with Gasteiger partial charge in [0.1, 0.15) is 0 Å². The van der Waals surface area contributed by atoms with Crippen LogP contribution in [0.25, 0.3) is 0 Å². The van der Waals surface area contributed by atoms with E-state index in [0.717, 1.165) is 18.0 Å². The van der Waals surface area contributed by atoms with E-state index in [0.29, 0.717) is 0 Å². The van der Waals surface area contributed by atoms with Crippen LogP contribution in [0.2, 0.25) is 0 Å². The molecule has 0 spiro atoms. The van der Waals surface area contributed by atoms with Crippen molar-refractivity contribution in [1.82, 2.24) is 10.2 Å². The van der Waals surface area contributed by atoms with Gasteiger partial charge in [0, 0.05) is 12.1 Å². The molecule has 1 saturated carbocycles. The largest absolute Gasteiger partial charge is 0.315 e. The quantitative estimate of drug-likeness (QED) is 0.753. The lowest BCUT2D eigenvalue weighted by Crippen LogP contribution is -2.49. The SMILES string of the molecule is CNC1CCCCC1N(C)CCC(C)C. The fraction of sp³-hybridized carbons (Fsp3) is 1.00. The summed E-state index contributed by atoms with van der Waals surface area (Å²) in [6, 6.07) is 1.48. The van der Waals surface area contributed by atoms with Gasteiger partial charge in [-0.05, 0) is 45.8 Å². The van der Waals surface area contributed by atoms with Gasteiger partial charge in [0.15, 0.2) is 0 Å². The summed E-state index contributed by atoms with van der Waals surface area (Å²) in [6.45, 7) is 5.87. The Kier molecular flexibility index (Phi) is 5.62. The van der Waals surface area contributed by atoms with E-state index in [2.05, 4.69) is 38.2 Å². The molecule has 0 bridgehead atoms. The Labute approximate surface area is 95.4 Å². The molecule has 0 aromatic heterocycles. The van der Waals surface area contributed by atoms with Gasteiger partial charge in [-0.15, -0.1) is 0 Å². The number of nitrogens with zero attached hydrogens (tertiary/aromatic N) is 1. The van der Waals surface area contributed by atoms with E-state index >= 15 is 0 Å². The summed E-state index contributed by atoms with van der Waals surface area (Å²) in [6.07, 6.45) is 6.87. The van der Waals surface area contributed by atoms with Gasteiger partial charge >= 0.3 is 0 Å². The van der Waals surface area contributed by atoms with Crippen molar-refractivity contribution in [3.8, 4) is 0 Å². The fourth-order valence-electron chi connectivity index (χ4n) is 2.60. The van der Waals surface area contributed by atoms with Crippen molar-refractivity contribution in [3.05, 3.63) is 0 Å². The number of nitrogens with one attached hydrogen (secondary N) is 1. The lowest BCUT2D eigenvalue weighted by molar-refractivity contribution is 0.148. The number of rotatable bonds is 5. The van der Waals surface area contributed by atoms with E-state index < -0.39 is 0 Å². The molecule has 1 aliphatic carbocycles. The molecule has 1 fully saturated rings. The lowest BCUT2D eigenvalue weighted by Gasteiger charge is -2.38. The molecule has 0 saturated heterocycles. The first kappa shape index (κ1) is 13.0. The van der Waals surface area contributed by atoms with Gasteiger partial charge in [0.05, 0.1) is 0 Å². The molecule has 0 amide bonds. The smallest absolute Gasteiger partial charge is 0.0246 e. The molecule has 0 heterocycles. The predicted molar refractivity (Wildman–Crippen MR) is 67.2 cm³/mol. The Hall–Kier alpha value is -0.0800. The lowest BCUT2D eigenvalue weighted by atomic mass is 9.89. The van der Waals surface area contributed by atoms with Crippen LogP contribution in [0.5, 0.6) is 0 Å². The summed E-state index contributed by atoms with van der Waals surface area (Å²) >= 11 is 0. The molecule has 1 rings (SSSR count). The Morgan fingerprint density at radius 1 is 1.27 bits per heavy atom. The Balaban J connectivity index is 2.37. The highest BCUT2D eigenvalue weighted by atomic mass is 15.2. The molecule has 0 aromatic carbocycles.